The summed E-state index contributed by atoms with van der Waals surface area (Å²) in [4.78, 5) is 0. The molecule has 3 rings (SSSR count). The molecule has 0 bridgehead atoms. The van der Waals surface area contributed by atoms with E-state index in [1.807, 2.05) is 0 Å². The van der Waals surface area contributed by atoms with Gasteiger partial charge in [-0.2, -0.15) is 17.5 Å². The second-order valence-corrected chi connectivity index (χ2v) is 8.25. The molecule has 1 saturated carbocycles. The summed E-state index contributed by atoms with van der Waals surface area (Å²) in [5.74, 6) is 0.0426. The van der Waals surface area contributed by atoms with Gasteiger partial charge in [-0.3, -0.25) is 0 Å². The van der Waals surface area contributed by atoms with Crippen molar-refractivity contribution in [2.45, 2.75) is 37.6 Å². The molecule has 0 aromatic heterocycles. The van der Waals surface area contributed by atoms with E-state index in [9.17, 15) is 26.7 Å². The zero-order chi connectivity index (χ0) is 16.8. The average molecular weight is 349 g/mol. The Labute approximate surface area is 133 Å². The van der Waals surface area contributed by atoms with Crippen LogP contribution < -0.4 is 0 Å². The van der Waals surface area contributed by atoms with E-state index >= 15 is 0 Å². The second-order valence-electron chi connectivity index (χ2n) is 6.28. The van der Waals surface area contributed by atoms with Crippen molar-refractivity contribution in [2.24, 2.45) is 5.92 Å². The molecule has 1 heterocycles. The molecule has 4 nitrogen and oxygen atoms in total. The van der Waals surface area contributed by atoms with Crippen molar-refractivity contribution in [2.75, 3.05) is 12.3 Å². The van der Waals surface area contributed by atoms with Crippen molar-refractivity contribution in [1.82, 2.24) is 4.31 Å². The Morgan fingerprint density at radius 2 is 1.87 bits per heavy atom. The maximum absolute atomic E-state index is 13.2. The molecule has 2 fully saturated rings. The third-order valence-corrected chi connectivity index (χ3v) is 6.37. The largest absolute Gasteiger partial charge is 0.416 e. The van der Waals surface area contributed by atoms with Gasteiger partial charge in [-0.25, -0.2) is 8.42 Å². The number of rotatable bonds is 4. The van der Waals surface area contributed by atoms with Gasteiger partial charge in [-0.1, -0.05) is 18.2 Å². The molecule has 1 N–H and O–H groups in total. The van der Waals surface area contributed by atoms with Gasteiger partial charge in [0.2, 0.25) is 10.0 Å². The van der Waals surface area contributed by atoms with Crippen LogP contribution in [0.5, 0.6) is 0 Å². The maximum atomic E-state index is 13.2. The highest BCUT2D eigenvalue weighted by Gasteiger charge is 2.45. The van der Waals surface area contributed by atoms with Gasteiger partial charge in [-0.05, 0) is 36.8 Å². The highest BCUT2D eigenvalue weighted by Crippen LogP contribution is 2.42. The van der Waals surface area contributed by atoms with Gasteiger partial charge in [-0.15, -0.1) is 0 Å². The number of alkyl halides is 3. The summed E-state index contributed by atoms with van der Waals surface area (Å²) >= 11 is 0. The normalized spacial score (nSPS) is 26.6. The Kier molecular flexibility index (Phi) is 4.18. The smallest absolute Gasteiger partial charge is 0.392 e. The summed E-state index contributed by atoms with van der Waals surface area (Å²) in [5.41, 5.74) is -0.929. The zero-order valence-corrected chi connectivity index (χ0v) is 13.1. The molecule has 0 spiro atoms. The zero-order valence-electron chi connectivity index (χ0n) is 12.3. The van der Waals surface area contributed by atoms with Crippen LogP contribution in [0, 0.1) is 5.92 Å². The molecule has 0 unspecified atom stereocenters. The van der Waals surface area contributed by atoms with Crippen LogP contribution in [-0.2, 0) is 16.2 Å². The highest BCUT2D eigenvalue weighted by molar-refractivity contribution is 7.89. The minimum Gasteiger partial charge on any atom is -0.392 e. The van der Waals surface area contributed by atoms with Crippen molar-refractivity contribution < 1.29 is 26.7 Å². The Hall–Kier alpha value is -1.12. The third kappa shape index (κ3) is 3.54. The first kappa shape index (κ1) is 16.7. The summed E-state index contributed by atoms with van der Waals surface area (Å²) in [5, 5.41) is 9.85. The standard InChI is InChI=1S/C15H18F3NO3S/c16-15(17,18)13-4-2-1-3-12(13)14-7-11(20)8-19(14)23(21,22)9-10-5-6-10/h1-4,10-11,14,20H,5-9H2/t11-,14+/m1/s1. The topological polar surface area (TPSA) is 57.6 Å². The van der Waals surface area contributed by atoms with Gasteiger partial charge in [0.1, 0.15) is 0 Å². The Balaban J connectivity index is 1.97. The first-order valence-corrected chi connectivity index (χ1v) is 9.13. The molecule has 1 aliphatic carbocycles. The lowest BCUT2D eigenvalue weighted by atomic mass is 9.98. The van der Waals surface area contributed by atoms with Crippen molar-refractivity contribution in [3.63, 3.8) is 0 Å². The maximum Gasteiger partial charge on any atom is 0.416 e. The molecule has 1 saturated heterocycles. The number of aliphatic hydroxyl groups is 1. The molecule has 1 aromatic carbocycles. The van der Waals surface area contributed by atoms with Crippen molar-refractivity contribution in [3.05, 3.63) is 35.4 Å². The van der Waals surface area contributed by atoms with E-state index in [-0.39, 0.29) is 30.2 Å². The van der Waals surface area contributed by atoms with Gasteiger partial charge < -0.3 is 5.11 Å². The predicted molar refractivity (Wildman–Crippen MR) is 78.0 cm³/mol. The first-order valence-electron chi connectivity index (χ1n) is 7.52. The van der Waals surface area contributed by atoms with Gasteiger partial charge in [0.05, 0.1) is 23.5 Å². The van der Waals surface area contributed by atoms with Crippen LogP contribution in [0.15, 0.2) is 24.3 Å². The highest BCUT2D eigenvalue weighted by atomic mass is 32.2. The fourth-order valence-electron chi connectivity index (χ4n) is 3.10. The Morgan fingerprint density at radius 3 is 2.48 bits per heavy atom. The van der Waals surface area contributed by atoms with Crippen LogP contribution in [0.1, 0.15) is 36.4 Å². The van der Waals surface area contributed by atoms with Gasteiger partial charge in [0.15, 0.2) is 0 Å². The lowest BCUT2D eigenvalue weighted by Gasteiger charge is -2.26. The van der Waals surface area contributed by atoms with Crippen LogP contribution in [0.3, 0.4) is 0 Å². The molecule has 2 atom stereocenters. The van der Waals surface area contributed by atoms with Crippen molar-refractivity contribution in [1.29, 1.82) is 0 Å². The quantitative estimate of drug-likeness (QED) is 0.909. The summed E-state index contributed by atoms with van der Waals surface area (Å²) in [7, 11) is -3.68. The molecular weight excluding hydrogens is 331 g/mol. The first-order chi connectivity index (χ1) is 10.7. The van der Waals surface area contributed by atoms with Crippen LogP contribution in [-0.4, -0.2) is 36.2 Å². The molecule has 1 aliphatic heterocycles. The molecule has 8 heteroatoms. The minimum atomic E-state index is -4.56. The van der Waals surface area contributed by atoms with E-state index in [1.165, 1.54) is 18.2 Å². The average Bonchev–Trinajstić information content (AvgIpc) is 3.15. The number of nitrogens with zero attached hydrogens (tertiary/aromatic N) is 1. The molecule has 2 aliphatic rings. The number of hydrogen-bond donors (Lipinski definition) is 1. The minimum absolute atomic E-state index is 0.0169. The number of sulfonamides is 1. The van der Waals surface area contributed by atoms with E-state index < -0.39 is 33.9 Å². The fraction of sp³-hybridized carbons (Fsp3) is 0.600. The number of hydrogen-bond acceptors (Lipinski definition) is 3. The molecule has 0 amide bonds. The van der Waals surface area contributed by atoms with Gasteiger partial charge >= 0.3 is 6.18 Å². The molecule has 23 heavy (non-hydrogen) atoms. The third-order valence-electron chi connectivity index (χ3n) is 4.36. The summed E-state index contributed by atoms with van der Waals surface area (Å²) < 4.78 is 65.7. The Bertz CT molecular complexity index is 685. The molecule has 128 valence electrons. The van der Waals surface area contributed by atoms with E-state index in [4.69, 9.17) is 0 Å². The van der Waals surface area contributed by atoms with Crippen LogP contribution in [0.4, 0.5) is 13.2 Å². The monoisotopic (exact) mass is 349 g/mol. The summed E-state index contributed by atoms with van der Waals surface area (Å²) in [6.45, 7) is -0.147. The predicted octanol–water partition coefficient (Wildman–Crippen LogP) is 2.55. The number of halogens is 3. The van der Waals surface area contributed by atoms with Gasteiger partial charge in [0, 0.05) is 6.54 Å². The van der Waals surface area contributed by atoms with E-state index in [0.29, 0.717) is 0 Å². The number of β-amino-alcohol motifs (C(OH)–C–C–N with tert-alkyl or cyclic N) is 1. The fourth-order valence-corrected chi connectivity index (χ4v) is 5.21. The summed E-state index contributed by atoms with van der Waals surface area (Å²) in [6, 6.07) is 4.02. The molecular formula is C15H18F3NO3S. The lowest BCUT2D eigenvalue weighted by Crippen LogP contribution is -2.35. The summed E-state index contributed by atoms with van der Waals surface area (Å²) in [6.07, 6.45) is -3.86. The Morgan fingerprint density at radius 1 is 1.22 bits per heavy atom. The van der Waals surface area contributed by atoms with E-state index in [1.54, 1.807) is 0 Å². The van der Waals surface area contributed by atoms with Crippen LogP contribution >= 0.6 is 0 Å². The van der Waals surface area contributed by atoms with Crippen LogP contribution in [0.2, 0.25) is 0 Å². The molecule has 0 radical (unpaired) electrons. The van der Waals surface area contributed by atoms with E-state index in [2.05, 4.69) is 0 Å². The van der Waals surface area contributed by atoms with Crippen molar-refractivity contribution >= 4 is 10.0 Å². The van der Waals surface area contributed by atoms with Crippen molar-refractivity contribution in [3.8, 4) is 0 Å². The number of benzene rings is 1. The number of aliphatic hydroxyl groups excluding tert-OH is 1. The van der Waals surface area contributed by atoms with E-state index in [0.717, 1.165) is 23.2 Å². The lowest BCUT2D eigenvalue weighted by molar-refractivity contribution is -0.138. The SMILES string of the molecule is O=S(=O)(CC1CC1)N1C[C@H](O)C[C@H]1c1ccccc1C(F)(F)F. The molecule has 1 aromatic rings. The van der Waals surface area contributed by atoms with Crippen LogP contribution in [0.25, 0.3) is 0 Å². The second kappa shape index (κ2) is 5.75. The van der Waals surface area contributed by atoms with Gasteiger partial charge in [0.25, 0.3) is 0 Å².